The van der Waals surface area contributed by atoms with E-state index >= 15 is 0 Å². The predicted molar refractivity (Wildman–Crippen MR) is 135 cm³/mol. The summed E-state index contributed by atoms with van der Waals surface area (Å²) >= 11 is 0. The molecule has 0 N–H and O–H groups in total. The molecular weight excluding hydrogens is 462 g/mol. The molecule has 1 atom stereocenters. The maximum atomic E-state index is 13.6. The fraction of sp³-hybridized carbons (Fsp3) is 0.231. The molecule has 5 aromatic rings. The number of nitrogens with zero attached hydrogens (tertiary/aromatic N) is 5. The van der Waals surface area contributed by atoms with Crippen molar-refractivity contribution >= 4 is 22.7 Å². The van der Waals surface area contributed by atoms with Gasteiger partial charge in [0.1, 0.15) is 11.5 Å². The first-order valence-corrected chi connectivity index (χ1v) is 11.3. The molecule has 0 amide bonds. The van der Waals surface area contributed by atoms with E-state index in [9.17, 15) is 14.4 Å². The van der Waals surface area contributed by atoms with Gasteiger partial charge in [-0.3, -0.25) is 23.1 Å². The fourth-order valence-electron chi connectivity index (χ4n) is 4.41. The lowest BCUT2D eigenvalue weighted by Crippen LogP contribution is -2.42. The van der Waals surface area contributed by atoms with E-state index in [1.807, 2.05) is 41.0 Å². The molecule has 0 saturated carbocycles. The molecule has 3 aromatic heterocycles. The smallest absolute Gasteiger partial charge is 0.333 e. The number of ketones is 1. The van der Waals surface area contributed by atoms with Crippen LogP contribution in [0.2, 0.25) is 0 Å². The molecule has 0 spiro atoms. The number of rotatable bonds is 6. The molecule has 2 aromatic carbocycles. The number of carbonyl (C=O) groups excluding carboxylic acids is 1. The summed E-state index contributed by atoms with van der Waals surface area (Å²) in [6.07, 6.45) is 1.80. The zero-order valence-electron chi connectivity index (χ0n) is 20.6. The number of carbonyl (C=O) groups is 1. The van der Waals surface area contributed by atoms with Gasteiger partial charge >= 0.3 is 5.69 Å². The van der Waals surface area contributed by atoms with Crippen LogP contribution in [0.5, 0.6) is 11.5 Å². The van der Waals surface area contributed by atoms with Crippen molar-refractivity contribution in [3.63, 3.8) is 0 Å². The summed E-state index contributed by atoms with van der Waals surface area (Å²) in [6, 6.07) is 14.1. The maximum absolute atomic E-state index is 13.6. The van der Waals surface area contributed by atoms with Crippen molar-refractivity contribution in [2.24, 2.45) is 7.05 Å². The van der Waals surface area contributed by atoms with Crippen LogP contribution in [0.1, 0.15) is 19.9 Å². The molecule has 0 unspecified atom stereocenters. The topological polar surface area (TPSA) is 102 Å². The Bertz CT molecular complexity index is 1760. The molecule has 0 bridgehead atoms. The van der Waals surface area contributed by atoms with E-state index in [1.54, 1.807) is 36.9 Å². The molecule has 0 aliphatic rings. The van der Waals surface area contributed by atoms with E-state index in [-0.39, 0.29) is 16.9 Å². The van der Waals surface area contributed by atoms with Crippen LogP contribution in [-0.2, 0) is 11.8 Å². The molecule has 10 heteroatoms. The van der Waals surface area contributed by atoms with Gasteiger partial charge in [-0.15, -0.1) is 0 Å². The van der Waals surface area contributed by atoms with Gasteiger partial charge in [0.2, 0.25) is 5.78 Å². The third-order valence-corrected chi connectivity index (χ3v) is 6.47. The van der Waals surface area contributed by atoms with Crippen molar-refractivity contribution in [1.29, 1.82) is 0 Å². The molecular formula is C26H25N5O5. The average molecular weight is 488 g/mol. The van der Waals surface area contributed by atoms with E-state index in [2.05, 4.69) is 0 Å². The monoisotopic (exact) mass is 487 g/mol. The van der Waals surface area contributed by atoms with Gasteiger partial charge in [0.15, 0.2) is 16.9 Å². The van der Waals surface area contributed by atoms with Gasteiger partial charge in [0.05, 0.1) is 31.6 Å². The van der Waals surface area contributed by atoms with Gasteiger partial charge < -0.3 is 9.47 Å². The standard InChI is InChI=1S/C26H25N5O5/c1-15(16(2)32)30-24(33)22-23(28(3)26(30)34)27-25-29(22)14-20(17-9-7-6-8-10-17)31(25)19-13-18(35-4)11-12-21(19)36-5/h6-15H,1-5H3/t15-/m1/s1. The lowest BCUT2D eigenvalue weighted by molar-refractivity contribution is -0.119. The minimum atomic E-state index is -0.916. The lowest BCUT2D eigenvalue weighted by Gasteiger charge is -2.14. The highest BCUT2D eigenvalue weighted by molar-refractivity contribution is 5.82. The number of benzene rings is 2. The minimum Gasteiger partial charge on any atom is -0.497 e. The summed E-state index contributed by atoms with van der Waals surface area (Å²) in [5.74, 6) is 1.28. The fourth-order valence-corrected chi connectivity index (χ4v) is 4.41. The minimum absolute atomic E-state index is 0.193. The maximum Gasteiger partial charge on any atom is 0.333 e. The van der Waals surface area contributed by atoms with Gasteiger partial charge in [0, 0.05) is 24.9 Å². The Morgan fingerprint density at radius 1 is 1.03 bits per heavy atom. The van der Waals surface area contributed by atoms with E-state index in [4.69, 9.17) is 14.5 Å². The molecule has 36 heavy (non-hydrogen) atoms. The van der Waals surface area contributed by atoms with Gasteiger partial charge in [-0.05, 0) is 26.0 Å². The zero-order valence-corrected chi connectivity index (χ0v) is 20.6. The molecule has 0 aliphatic carbocycles. The lowest BCUT2D eigenvalue weighted by atomic mass is 10.1. The number of hydrogen-bond acceptors (Lipinski definition) is 6. The number of aromatic nitrogens is 5. The van der Waals surface area contributed by atoms with Crippen LogP contribution in [-0.4, -0.2) is 43.1 Å². The quantitative estimate of drug-likeness (QED) is 0.365. The number of fused-ring (bicyclic) bond motifs is 3. The number of imidazole rings is 2. The summed E-state index contributed by atoms with van der Waals surface area (Å²) in [5, 5.41) is 0. The molecule has 184 valence electrons. The third kappa shape index (κ3) is 3.33. The van der Waals surface area contributed by atoms with Crippen LogP contribution in [0, 0.1) is 0 Å². The van der Waals surface area contributed by atoms with Gasteiger partial charge in [-0.25, -0.2) is 9.36 Å². The second-order valence-corrected chi connectivity index (χ2v) is 8.51. The first-order valence-electron chi connectivity index (χ1n) is 11.3. The van der Waals surface area contributed by atoms with Crippen LogP contribution < -0.4 is 20.7 Å². The van der Waals surface area contributed by atoms with Crippen LogP contribution in [0.15, 0.2) is 64.3 Å². The van der Waals surface area contributed by atoms with Crippen molar-refractivity contribution in [3.8, 4) is 28.4 Å². The molecule has 5 rings (SSSR count). The second kappa shape index (κ2) is 8.56. The number of methoxy groups -OCH3 is 2. The van der Waals surface area contributed by atoms with Crippen molar-refractivity contribution < 1.29 is 14.3 Å². The zero-order chi connectivity index (χ0) is 25.7. The molecule has 0 aliphatic heterocycles. The van der Waals surface area contributed by atoms with Gasteiger partial charge in [-0.1, -0.05) is 30.3 Å². The Morgan fingerprint density at radius 3 is 2.39 bits per heavy atom. The highest BCUT2D eigenvalue weighted by Crippen LogP contribution is 2.35. The van der Waals surface area contributed by atoms with Crippen molar-refractivity contribution in [3.05, 3.63) is 75.6 Å². The highest BCUT2D eigenvalue weighted by atomic mass is 16.5. The van der Waals surface area contributed by atoms with Crippen LogP contribution in [0.4, 0.5) is 0 Å². The van der Waals surface area contributed by atoms with Crippen LogP contribution >= 0.6 is 0 Å². The molecule has 0 saturated heterocycles. The number of hydrogen-bond donors (Lipinski definition) is 0. The Hall–Kier alpha value is -4.60. The summed E-state index contributed by atoms with van der Waals surface area (Å²) in [7, 11) is 4.68. The number of ether oxygens (including phenoxy) is 2. The Kier molecular flexibility index (Phi) is 5.51. The number of Topliss-reactive ketones (excluding diaryl/α,β-unsaturated/α-hetero) is 1. The summed E-state index contributed by atoms with van der Waals surface area (Å²) in [5.41, 5.74) is 1.47. The predicted octanol–water partition coefficient (Wildman–Crippen LogP) is 2.97. The van der Waals surface area contributed by atoms with Crippen molar-refractivity contribution in [2.45, 2.75) is 19.9 Å². The Morgan fingerprint density at radius 2 is 1.75 bits per heavy atom. The Balaban J connectivity index is 1.97. The van der Waals surface area contributed by atoms with Gasteiger partial charge in [-0.2, -0.15) is 4.98 Å². The first-order chi connectivity index (χ1) is 17.3. The van der Waals surface area contributed by atoms with E-state index in [0.717, 1.165) is 15.8 Å². The van der Waals surface area contributed by atoms with E-state index in [0.29, 0.717) is 23.0 Å². The SMILES string of the molecule is COc1ccc(OC)c(-n2c(-c3ccccc3)cn3c4c(=O)n([C@H](C)C(C)=O)c(=O)n(C)c4nc23)c1. The Labute approximate surface area is 205 Å². The normalized spacial score (nSPS) is 12.2. The van der Waals surface area contributed by atoms with E-state index in [1.165, 1.54) is 25.5 Å². The summed E-state index contributed by atoms with van der Waals surface area (Å²) in [6.45, 7) is 2.89. The van der Waals surface area contributed by atoms with Crippen LogP contribution in [0.3, 0.4) is 0 Å². The van der Waals surface area contributed by atoms with Gasteiger partial charge in [0.25, 0.3) is 5.56 Å². The summed E-state index contributed by atoms with van der Waals surface area (Å²) in [4.78, 5) is 43.5. The molecule has 3 heterocycles. The third-order valence-electron chi connectivity index (χ3n) is 6.47. The molecule has 0 fully saturated rings. The largest absolute Gasteiger partial charge is 0.497 e. The molecule has 0 radical (unpaired) electrons. The second-order valence-electron chi connectivity index (χ2n) is 8.51. The van der Waals surface area contributed by atoms with Crippen molar-refractivity contribution in [1.82, 2.24) is 23.1 Å². The first kappa shape index (κ1) is 23.2. The number of aryl methyl sites for hydroxylation is 1. The van der Waals surface area contributed by atoms with Crippen molar-refractivity contribution in [2.75, 3.05) is 14.2 Å². The summed E-state index contributed by atoms with van der Waals surface area (Å²) < 4.78 is 16.9. The van der Waals surface area contributed by atoms with E-state index < -0.39 is 17.3 Å². The average Bonchev–Trinajstić information content (AvgIpc) is 3.44. The molecule has 10 nitrogen and oxygen atoms in total. The highest BCUT2D eigenvalue weighted by Gasteiger charge is 2.26. The van der Waals surface area contributed by atoms with Crippen LogP contribution in [0.25, 0.3) is 33.9 Å².